The van der Waals surface area contributed by atoms with Crippen LogP contribution in [0.2, 0.25) is 0 Å². The Morgan fingerprint density at radius 3 is 2.74 bits per heavy atom. The summed E-state index contributed by atoms with van der Waals surface area (Å²) in [5.41, 5.74) is 4.03. The second-order valence-corrected chi connectivity index (χ2v) is 12.1. The van der Waals surface area contributed by atoms with Crippen LogP contribution in [0.1, 0.15) is 66.6 Å². The monoisotopic (exact) mass is 455 g/mol. The Morgan fingerprint density at radius 2 is 1.91 bits per heavy atom. The molecule has 2 aromatic rings. The second-order valence-electron chi connectivity index (χ2n) is 12.1. The van der Waals surface area contributed by atoms with Gasteiger partial charge in [-0.3, -0.25) is 14.5 Å². The van der Waals surface area contributed by atoms with E-state index in [1.165, 1.54) is 57.6 Å². The predicted molar refractivity (Wildman–Crippen MR) is 130 cm³/mol. The van der Waals surface area contributed by atoms with Gasteiger partial charge >= 0.3 is 0 Å². The van der Waals surface area contributed by atoms with Crippen molar-refractivity contribution in [2.75, 3.05) is 13.1 Å². The van der Waals surface area contributed by atoms with E-state index in [1.54, 1.807) is 23.3 Å². The van der Waals surface area contributed by atoms with Gasteiger partial charge in [0.15, 0.2) is 0 Å². The highest BCUT2D eigenvalue weighted by Crippen LogP contribution is 2.75. The highest BCUT2D eigenvalue weighted by Gasteiger charge is 2.76. The van der Waals surface area contributed by atoms with Gasteiger partial charge in [-0.25, -0.2) is 0 Å². The second kappa shape index (κ2) is 6.63. The maximum atomic E-state index is 13.6. The number of hydrogen-bond acceptors (Lipinski definition) is 3. The van der Waals surface area contributed by atoms with E-state index < -0.39 is 0 Å². The van der Waals surface area contributed by atoms with Crippen molar-refractivity contribution in [1.29, 1.82) is 0 Å². The molecule has 5 unspecified atom stereocenters. The third-order valence-electron chi connectivity index (χ3n) is 11.2. The fourth-order valence-electron chi connectivity index (χ4n) is 10.1. The highest BCUT2D eigenvalue weighted by atomic mass is 16.2. The summed E-state index contributed by atoms with van der Waals surface area (Å²) in [4.78, 5) is 33.4. The number of likely N-dealkylation sites (tertiary alicyclic amines) is 2. The van der Waals surface area contributed by atoms with Crippen LogP contribution in [-0.4, -0.2) is 51.9 Å². The van der Waals surface area contributed by atoms with E-state index in [4.69, 9.17) is 0 Å². The molecule has 6 aliphatic rings. The number of amides is 1. The minimum Gasteiger partial charge on any atom is -0.334 e. The van der Waals surface area contributed by atoms with Crippen LogP contribution >= 0.6 is 0 Å². The first-order chi connectivity index (χ1) is 16.6. The largest absolute Gasteiger partial charge is 0.334 e. The molecule has 1 aromatic carbocycles. The van der Waals surface area contributed by atoms with Crippen molar-refractivity contribution in [2.45, 2.75) is 74.9 Å². The summed E-state index contributed by atoms with van der Waals surface area (Å²) in [6.07, 6.45) is 10.2. The molecule has 34 heavy (non-hydrogen) atoms. The van der Waals surface area contributed by atoms with Crippen LogP contribution in [-0.2, 0) is 11.8 Å². The first-order valence-corrected chi connectivity index (χ1v) is 13.5. The van der Waals surface area contributed by atoms with Crippen LogP contribution in [0.4, 0.5) is 0 Å². The number of aromatic amines is 1. The zero-order valence-electron chi connectivity index (χ0n) is 19.7. The van der Waals surface area contributed by atoms with Crippen LogP contribution in [0.5, 0.6) is 0 Å². The van der Waals surface area contributed by atoms with Crippen LogP contribution in [0.3, 0.4) is 0 Å². The maximum absolute atomic E-state index is 13.6. The molecule has 2 aliphatic heterocycles. The molecule has 0 spiro atoms. The van der Waals surface area contributed by atoms with E-state index in [1.807, 2.05) is 0 Å². The van der Waals surface area contributed by atoms with E-state index >= 15 is 0 Å². The summed E-state index contributed by atoms with van der Waals surface area (Å²) in [6, 6.07) is 16.1. The third kappa shape index (κ3) is 2.21. The van der Waals surface area contributed by atoms with Gasteiger partial charge in [0.25, 0.3) is 5.91 Å². The normalized spacial score (nSPS) is 39.9. The number of benzene rings is 1. The van der Waals surface area contributed by atoms with Gasteiger partial charge in [0.05, 0.1) is 0 Å². The molecule has 1 aromatic heterocycles. The van der Waals surface area contributed by atoms with E-state index in [9.17, 15) is 9.59 Å². The van der Waals surface area contributed by atoms with Gasteiger partial charge in [0, 0.05) is 36.2 Å². The van der Waals surface area contributed by atoms with Crippen molar-refractivity contribution < 1.29 is 4.79 Å². The zero-order valence-corrected chi connectivity index (χ0v) is 19.7. The molecule has 5 nitrogen and oxygen atoms in total. The Bertz CT molecular complexity index is 1250. The number of pyridine rings is 1. The topological polar surface area (TPSA) is 56.4 Å². The maximum Gasteiger partial charge on any atom is 0.270 e. The molecular weight excluding hydrogens is 422 g/mol. The average Bonchev–Trinajstić information content (AvgIpc) is 3.25. The van der Waals surface area contributed by atoms with E-state index in [0.29, 0.717) is 35.0 Å². The zero-order chi connectivity index (χ0) is 22.7. The molecule has 0 radical (unpaired) electrons. The first-order valence-electron chi connectivity index (χ1n) is 13.5. The van der Waals surface area contributed by atoms with Gasteiger partial charge in [-0.15, -0.1) is 0 Å². The lowest BCUT2D eigenvalue weighted by molar-refractivity contribution is -0.122. The third-order valence-corrected chi connectivity index (χ3v) is 11.2. The Labute approximate surface area is 200 Å². The number of carbonyl (C=O) groups is 1. The van der Waals surface area contributed by atoms with E-state index in [-0.39, 0.29) is 16.9 Å². The van der Waals surface area contributed by atoms with Crippen molar-refractivity contribution in [2.24, 2.45) is 17.3 Å². The summed E-state index contributed by atoms with van der Waals surface area (Å²) >= 11 is 0. The van der Waals surface area contributed by atoms with Crippen LogP contribution in [0.25, 0.3) is 0 Å². The van der Waals surface area contributed by atoms with Gasteiger partial charge in [-0.1, -0.05) is 36.8 Å². The smallest absolute Gasteiger partial charge is 0.270 e. The van der Waals surface area contributed by atoms with Crippen LogP contribution in [0.15, 0.2) is 47.3 Å². The highest BCUT2D eigenvalue weighted by molar-refractivity contribution is 5.92. The number of nitrogens with one attached hydrogen (secondary N) is 1. The Hall–Kier alpha value is -2.40. The molecule has 1 amide bonds. The van der Waals surface area contributed by atoms with Crippen molar-refractivity contribution >= 4 is 5.91 Å². The minimum atomic E-state index is -0.195. The summed E-state index contributed by atoms with van der Waals surface area (Å²) in [6.45, 7) is 2.08. The molecule has 4 bridgehead atoms. The minimum absolute atomic E-state index is 0.0218. The molecule has 8 rings (SSSR count). The predicted octanol–water partition coefficient (Wildman–Crippen LogP) is 3.74. The lowest BCUT2D eigenvalue weighted by atomic mass is 9.43. The number of piperidine rings is 1. The molecular formula is C29H33N3O2. The molecule has 3 saturated carbocycles. The van der Waals surface area contributed by atoms with Gasteiger partial charge in [-0.2, -0.15) is 0 Å². The first kappa shape index (κ1) is 19.9. The molecule has 2 saturated heterocycles. The van der Waals surface area contributed by atoms with Gasteiger partial charge in [-0.05, 0) is 85.9 Å². The summed E-state index contributed by atoms with van der Waals surface area (Å²) in [7, 11) is 0. The standard InChI is InChI=1S/C29H33N3O2/c33-25-10-4-9-22(30-25)27(34)32-17-19-16-28-12-11-23(32)26(19)29(28)13-14-31(20-6-3-7-20)24(28)15-18-5-1-2-8-21(18)29/h1-2,4-5,8-10,19-20,23-24,26H,3,6-7,11-17H2,(H,30,33)/t19-,23?,24?,26?,28?,29?/m1/s1. The SMILES string of the molecule is O=C(c1cccc(=O)[nH]1)N1C[C@H]2CC34CCC1C2C31CCN(C2CCC2)C4Cc2ccccc21. The van der Waals surface area contributed by atoms with Crippen LogP contribution < -0.4 is 5.56 Å². The quantitative estimate of drug-likeness (QED) is 0.751. The number of H-pyrrole nitrogens is 1. The van der Waals surface area contributed by atoms with Gasteiger partial charge in [0.2, 0.25) is 5.56 Å². The number of rotatable bonds is 2. The molecule has 5 heteroatoms. The number of nitrogens with zero attached hydrogens (tertiary/aromatic N) is 2. The number of aromatic nitrogens is 1. The fraction of sp³-hybridized carbons (Fsp3) is 0.586. The van der Waals surface area contributed by atoms with Crippen molar-refractivity contribution in [3.05, 3.63) is 69.6 Å². The van der Waals surface area contributed by atoms with E-state index in [0.717, 1.165) is 19.0 Å². The number of carbonyl (C=O) groups excluding carboxylic acids is 1. The van der Waals surface area contributed by atoms with Gasteiger partial charge < -0.3 is 9.88 Å². The lowest BCUT2D eigenvalue weighted by Crippen LogP contribution is -2.71. The van der Waals surface area contributed by atoms with Crippen molar-refractivity contribution in [1.82, 2.24) is 14.8 Å². The summed E-state index contributed by atoms with van der Waals surface area (Å²) in [5, 5.41) is 0. The summed E-state index contributed by atoms with van der Waals surface area (Å²) in [5.74, 6) is 1.14. The fourth-order valence-corrected chi connectivity index (χ4v) is 10.1. The van der Waals surface area contributed by atoms with Gasteiger partial charge in [0.1, 0.15) is 5.69 Å². The Balaban J connectivity index is 1.25. The number of fused-ring (bicyclic) bond motifs is 1. The Morgan fingerprint density at radius 1 is 1.03 bits per heavy atom. The number of hydrogen-bond donors (Lipinski definition) is 1. The molecule has 5 fully saturated rings. The molecule has 4 aliphatic carbocycles. The molecule has 6 atom stereocenters. The van der Waals surface area contributed by atoms with Crippen LogP contribution in [0, 0.1) is 17.3 Å². The van der Waals surface area contributed by atoms with Crippen molar-refractivity contribution in [3.8, 4) is 0 Å². The molecule has 176 valence electrons. The Kier molecular flexibility index (Phi) is 3.87. The average molecular weight is 456 g/mol. The van der Waals surface area contributed by atoms with Crippen molar-refractivity contribution in [3.63, 3.8) is 0 Å². The summed E-state index contributed by atoms with van der Waals surface area (Å²) < 4.78 is 0. The lowest BCUT2D eigenvalue weighted by Gasteiger charge is -2.68. The molecule has 3 heterocycles. The molecule has 1 N–H and O–H groups in total. The van der Waals surface area contributed by atoms with E-state index in [2.05, 4.69) is 39.0 Å².